The fourth-order valence-corrected chi connectivity index (χ4v) is 2.43. The van der Waals surface area contributed by atoms with Crippen molar-refractivity contribution >= 4 is 17.0 Å². The molecule has 0 bridgehead atoms. The van der Waals surface area contributed by atoms with Gasteiger partial charge in [0.15, 0.2) is 0 Å². The summed E-state index contributed by atoms with van der Waals surface area (Å²) in [6, 6.07) is 7.85. The maximum Gasteiger partial charge on any atom is 0.308 e. The van der Waals surface area contributed by atoms with Crippen molar-refractivity contribution in [1.29, 1.82) is 0 Å². The molecule has 1 aromatic heterocycles. The molecule has 1 heterocycles. The van der Waals surface area contributed by atoms with E-state index >= 15 is 0 Å². The van der Waals surface area contributed by atoms with Crippen LogP contribution < -0.4 is 0 Å². The minimum atomic E-state index is -0.766. The predicted octanol–water partition coefficient (Wildman–Crippen LogP) is 2.30. The Hall–Kier alpha value is -1.88. The second-order valence-electron chi connectivity index (χ2n) is 5.04. The van der Waals surface area contributed by atoms with Crippen LogP contribution in [0.1, 0.15) is 32.5 Å². The summed E-state index contributed by atoms with van der Waals surface area (Å²) < 4.78 is 6.88. The van der Waals surface area contributed by atoms with E-state index in [0.717, 1.165) is 29.7 Å². The number of hydrogen-bond donors (Lipinski definition) is 1. The third-order valence-corrected chi connectivity index (χ3v) is 3.31. The van der Waals surface area contributed by atoms with E-state index in [9.17, 15) is 9.90 Å². The van der Waals surface area contributed by atoms with Gasteiger partial charge in [-0.05, 0) is 25.5 Å². The molecule has 5 heteroatoms. The maximum absolute atomic E-state index is 11.4. The highest BCUT2D eigenvalue weighted by atomic mass is 16.5. The Morgan fingerprint density at radius 1 is 1.38 bits per heavy atom. The number of fused-ring (bicyclic) bond motifs is 1. The quantitative estimate of drug-likeness (QED) is 0.795. The number of nitrogens with zero attached hydrogens (tertiary/aromatic N) is 2. The first kappa shape index (κ1) is 15.5. The molecular formula is C16H22N2O3. The average molecular weight is 290 g/mol. The summed E-state index contributed by atoms with van der Waals surface area (Å²) in [7, 11) is 0. The molecule has 0 fully saturated rings. The van der Waals surface area contributed by atoms with E-state index in [4.69, 9.17) is 4.74 Å². The fraction of sp³-hybridized carbons (Fsp3) is 0.500. The van der Waals surface area contributed by atoms with Gasteiger partial charge in [0, 0.05) is 6.42 Å². The van der Waals surface area contributed by atoms with E-state index < -0.39 is 6.10 Å². The van der Waals surface area contributed by atoms with E-state index in [1.165, 1.54) is 0 Å². The first-order chi connectivity index (χ1) is 10.2. The number of benzene rings is 1. The lowest BCUT2D eigenvalue weighted by molar-refractivity contribution is -0.145. The minimum Gasteiger partial charge on any atom is -0.466 e. The Bertz CT molecular complexity index is 607. The van der Waals surface area contributed by atoms with Crippen LogP contribution in [0, 0.1) is 0 Å². The summed E-state index contributed by atoms with van der Waals surface area (Å²) in [5, 5.41) is 10.1. The highest BCUT2D eigenvalue weighted by Crippen LogP contribution is 2.18. The number of imidazole rings is 1. The molecule has 1 aromatic carbocycles. The number of aryl methyl sites for hydroxylation is 1. The molecule has 0 aliphatic rings. The number of ether oxygens (including phenoxy) is 1. The van der Waals surface area contributed by atoms with Crippen molar-refractivity contribution in [3.63, 3.8) is 0 Å². The first-order valence-corrected chi connectivity index (χ1v) is 7.43. The highest BCUT2D eigenvalue weighted by molar-refractivity contribution is 5.76. The molecule has 0 aliphatic carbocycles. The largest absolute Gasteiger partial charge is 0.466 e. The Morgan fingerprint density at radius 3 is 2.86 bits per heavy atom. The molecule has 2 rings (SSSR count). The monoisotopic (exact) mass is 290 g/mol. The zero-order valence-corrected chi connectivity index (χ0v) is 12.6. The summed E-state index contributed by atoms with van der Waals surface area (Å²) in [5.74, 6) is 0.577. The number of esters is 1. The van der Waals surface area contributed by atoms with Gasteiger partial charge in [-0.1, -0.05) is 19.1 Å². The van der Waals surface area contributed by atoms with E-state index in [2.05, 4.69) is 11.9 Å². The van der Waals surface area contributed by atoms with Crippen molar-refractivity contribution in [3.05, 3.63) is 30.1 Å². The second kappa shape index (κ2) is 7.22. The molecular weight excluding hydrogens is 268 g/mol. The molecule has 0 aliphatic heterocycles. The number of aliphatic hydroxyl groups excluding tert-OH is 1. The van der Waals surface area contributed by atoms with Crippen molar-refractivity contribution in [2.45, 2.75) is 45.8 Å². The summed E-state index contributed by atoms with van der Waals surface area (Å²) in [6.07, 6.45) is 1.07. The normalized spacial score (nSPS) is 12.5. The van der Waals surface area contributed by atoms with Gasteiger partial charge in [-0.3, -0.25) is 4.79 Å². The summed E-state index contributed by atoms with van der Waals surface area (Å²) in [5.41, 5.74) is 1.91. The number of hydrogen-bond acceptors (Lipinski definition) is 4. The van der Waals surface area contributed by atoms with Gasteiger partial charge in [0.25, 0.3) is 0 Å². The molecule has 0 saturated carbocycles. The number of aromatic nitrogens is 2. The summed E-state index contributed by atoms with van der Waals surface area (Å²) in [6.45, 7) is 4.54. The summed E-state index contributed by atoms with van der Waals surface area (Å²) >= 11 is 0. The van der Waals surface area contributed by atoms with E-state index in [0.29, 0.717) is 13.2 Å². The van der Waals surface area contributed by atoms with Crippen molar-refractivity contribution in [2.75, 3.05) is 6.61 Å². The zero-order valence-electron chi connectivity index (χ0n) is 12.6. The van der Waals surface area contributed by atoms with Gasteiger partial charge in [-0.15, -0.1) is 0 Å². The Balaban J connectivity index is 2.19. The van der Waals surface area contributed by atoms with Gasteiger partial charge in [0.05, 0.1) is 36.7 Å². The second-order valence-corrected chi connectivity index (χ2v) is 5.04. The average Bonchev–Trinajstić information content (AvgIpc) is 2.77. The molecule has 2 aromatic rings. The lowest BCUT2D eigenvalue weighted by Crippen LogP contribution is -2.22. The van der Waals surface area contributed by atoms with Crippen LogP contribution in [0.15, 0.2) is 24.3 Å². The molecule has 0 amide bonds. The SMILES string of the molecule is CCCc1nc2ccccc2n1CC(O)CC(=O)OCC. The lowest BCUT2D eigenvalue weighted by atomic mass is 10.2. The summed E-state index contributed by atoms with van der Waals surface area (Å²) in [4.78, 5) is 16.1. The van der Waals surface area contributed by atoms with Crippen molar-refractivity contribution < 1.29 is 14.6 Å². The van der Waals surface area contributed by atoms with Gasteiger partial charge < -0.3 is 14.4 Å². The van der Waals surface area contributed by atoms with Crippen LogP contribution in [0.2, 0.25) is 0 Å². The van der Waals surface area contributed by atoms with Crippen LogP contribution in [0.5, 0.6) is 0 Å². The smallest absolute Gasteiger partial charge is 0.308 e. The number of carbonyl (C=O) groups excluding carboxylic acids is 1. The van der Waals surface area contributed by atoms with Gasteiger partial charge in [0.2, 0.25) is 0 Å². The topological polar surface area (TPSA) is 64.3 Å². The fourth-order valence-electron chi connectivity index (χ4n) is 2.43. The Kier molecular flexibility index (Phi) is 5.33. The van der Waals surface area contributed by atoms with E-state index in [1.807, 2.05) is 28.8 Å². The van der Waals surface area contributed by atoms with E-state index in [1.54, 1.807) is 6.92 Å². The third kappa shape index (κ3) is 3.82. The predicted molar refractivity (Wildman–Crippen MR) is 81.0 cm³/mol. The molecule has 1 N–H and O–H groups in total. The van der Waals surface area contributed by atoms with Crippen LogP contribution >= 0.6 is 0 Å². The number of para-hydroxylation sites is 2. The van der Waals surface area contributed by atoms with Crippen LogP contribution in [-0.4, -0.2) is 33.3 Å². The first-order valence-electron chi connectivity index (χ1n) is 7.43. The Morgan fingerprint density at radius 2 is 2.14 bits per heavy atom. The van der Waals surface area contributed by atoms with Crippen molar-refractivity contribution in [1.82, 2.24) is 9.55 Å². The molecule has 1 atom stereocenters. The van der Waals surface area contributed by atoms with Crippen LogP contribution in [0.4, 0.5) is 0 Å². The highest BCUT2D eigenvalue weighted by Gasteiger charge is 2.16. The number of rotatable bonds is 7. The molecule has 5 nitrogen and oxygen atoms in total. The molecule has 0 spiro atoms. The van der Waals surface area contributed by atoms with Gasteiger partial charge in [0.1, 0.15) is 5.82 Å². The van der Waals surface area contributed by atoms with Crippen LogP contribution in [-0.2, 0) is 22.5 Å². The molecule has 1 unspecified atom stereocenters. The Labute approximate surface area is 124 Å². The molecule has 114 valence electrons. The van der Waals surface area contributed by atoms with Crippen LogP contribution in [0.25, 0.3) is 11.0 Å². The molecule has 0 radical (unpaired) electrons. The van der Waals surface area contributed by atoms with Gasteiger partial charge in [-0.2, -0.15) is 0 Å². The van der Waals surface area contributed by atoms with E-state index in [-0.39, 0.29) is 12.4 Å². The zero-order chi connectivity index (χ0) is 15.2. The van der Waals surface area contributed by atoms with Gasteiger partial charge in [-0.25, -0.2) is 4.98 Å². The molecule has 21 heavy (non-hydrogen) atoms. The van der Waals surface area contributed by atoms with Gasteiger partial charge >= 0.3 is 5.97 Å². The maximum atomic E-state index is 11.4. The number of aliphatic hydroxyl groups is 1. The number of carbonyl (C=O) groups is 1. The minimum absolute atomic E-state index is 0.00586. The molecule has 0 saturated heterocycles. The standard InChI is InChI=1S/C16H22N2O3/c1-3-7-15-17-13-8-5-6-9-14(13)18(15)11-12(19)10-16(20)21-4-2/h5-6,8-9,12,19H,3-4,7,10-11H2,1-2H3. The van der Waals surface area contributed by atoms with Crippen LogP contribution in [0.3, 0.4) is 0 Å². The lowest BCUT2D eigenvalue weighted by Gasteiger charge is -2.14. The third-order valence-electron chi connectivity index (χ3n) is 3.31. The van der Waals surface area contributed by atoms with Crippen molar-refractivity contribution in [3.8, 4) is 0 Å². The van der Waals surface area contributed by atoms with Crippen molar-refractivity contribution in [2.24, 2.45) is 0 Å².